The fraction of sp³-hybridized carbons (Fsp3) is 0.136. The molecule has 2 aromatic carbocycles. The minimum absolute atomic E-state index is 0.0468. The van der Waals surface area contributed by atoms with Gasteiger partial charge in [-0.3, -0.25) is 10.1 Å². The zero-order chi connectivity index (χ0) is 20.5. The summed E-state index contributed by atoms with van der Waals surface area (Å²) in [6, 6.07) is 16.0. The summed E-state index contributed by atoms with van der Waals surface area (Å²) in [7, 11) is 0. The van der Waals surface area contributed by atoms with E-state index in [1.807, 2.05) is 38.1 Å². The summed E-state index contributed by atoms with van der Waals surface area (Å²) in [5, 5.41) is 20.7. The summed E-state index contributed by atoms with van der Waals surface area (Å²) < 4.78 is 12.9. The van der Waals surface area contributed by atoms with Crippen LogP contribution in [0.5, 0.6) is 11.5 Å². The van der Waals surface area contributed by atoms with Gasteiger partial charge in [-0.05, 0) is 49.2 Å². The molecule has 0 fully saturated rings. The van der Waals surface area contributed by atoms with Gasteiger partial charge in [-0.15, -0.1) is 0 Å². The number of rotatable bonds is 4. The number of hydrogen-bond acceptors (Lipinski definition) is 5. The van der Waals surface area contributed by atoms with Crippen LogP contribution in [-0.2, 0) is 0 Å². The SMILES string of the molecule is Cc1cc(/C=C(\C#N)c2cccc([N+](=O)[O-])c2)c(C)n1-c1ccc2c(c1)OCO2. The monoisotopic (exact) mass is 387 g/mol. The van der Waals surface area contributed by atoms with Crippen molar-refractivity contribution in [1.29, 1.82) is 5.26 Å². The highest BCUT2D eigenvalue weighted by Gasteiger charge is 2.17. The van der Waals surface area contributed by atoms with Crippen molar-refractivity contribution in [2.75, 3.05) is 6.79 Å². The van der Waals surface area contributed by atoms with Gasteiger partial charge in [0, 0.05) is 35.3 Å². The summed E-state index contributed by atoms with van der Waals surface area (Å²) in [6.07, 6.45) is 1.75. The number of benzene rings is 2. The third kappa shape index (κ3) is 3.32. The van der Waals surface area contributed by atoms with Crippen molar-refractivity contribution in [1.82, 2.24) is 4.57 Å². The van der Waals surface area contributed by atoms with Gasteiger partial charge in [-0.2, -0.15) is 5.26 Å². The average Bonchev–Trinajstić information content (AvgIpc) is 3.29. The highest BCUT2D eigenvalue weighted by Crippen LogP contribution is 2.35. The number of ether oxygens (including phenoxy) is 2. The Morgan fingerprint density at radius 1 is 1.17 bits per heavy atom. The average molecular weight is 387 g/mol. The summed E-state index contributed by atoms with van der Waals surface area (Å²) in [4.78, 5) is 10.6. The molecule has 3 aromatic rings. The van der Waals surface area contributed by atoms with Crippen LogP contribution >= 0.6 is 0 Å². The van der Waals surface area contributed by atoms with Crippen LogP contribution in [0.25, 0.3) is 17.3 Å². The van der Waals surface area contributed by atoms with Gasteiger partial charge in [-0.25, -0.2) is 0 Å². The molecule has 0 saturated carbocycles. The van der Waals surface area contributed by atoms with Crippen molar-refractivity contribution in [3.05, 3.63) is 81.2 Å². The summed E-state index contributed by atoms with van der Waals surface area (Å²) in [5.74, 6) is 1.41. The molecule has 144 valence electrons. The molecule has 4 rings (SSSR count). The number of aryl methyl sites for hydroxylation is 1. The maximum Gasteiger partial charge on any atom is 0.270 e. The molecule has 1 aliphatic rings. The molecular formula is C22H17N3O4. The molecule has 1 aromatic heterocycles. The van der Waals surface area contributed by atoms with Crippen molar-refractivity contribution in [3.63, 3.8) is 0 Å². The van der Waals surface area contributed by atoms with Crippen LogP contribution < -0.4 is 9.47 Å². The molecule has 0 bridgehead atoms. The Balaban J connectivity index is 1.76. The molecule has 29 heavy (non-hydrogen) atoms. The molecule has 7 heteroatoms. The Bertz CT molecular complexity index is 1200. The predicted molar refractivity (Wildman–Crippen MR) is 108 cm³/mol. The maximum absolute atomic E-state index is 11.0. The van der Waals surface area contributed by atoms with Crippen molar-refractivity contribution in [3.8, 4) is 23.3 Å². The number of hydrogen-bond donors (Lipinski definition) is 0. The van der Waals surface area contributed by atoms with Crippen LogP contribution in [-0.4, -0.2) is 16.3 Å². The number of nitro benzene ring substituents is 1. The molecule has 2 heterocycles. The minimum atomic E-state index is -0.468. The second kappa shape index (κ2) is 7.17. The normalized spacial score (nSPS) is 12.7. The number of nitro groups is 1. The van der Waals surface area contributed by atoms with E-state index in [0.29, 0.717) is 22.6 Å². The molecule has 0 unspecified atom stereocenters. The molecule has 1 aliphatic heterocycles. The second-order valence-electron chi connectivity index (χ2n) is 6.68. The van der Waals surface area contributed by atoms with Crippen LogP contribution in [0.4, 0.5) is 5.69 Å². The highest BCUT2D eigenvalue weighted by atomic mass is 16.7. The van der Waals surface area contributed by atoms with Gasteiger partial charge in [0.05, 0.1) is 16.6 Å². The molecule has 0 N–H and O–H groups in total. The number of aromatic nitrogens is 1. The maximum atomic E-state index is 11.0. The molecule has 0 amide bonds. The van der Waals surface area contributed by atoms with Crippen molar-refractivity contribution >= 4 is 17.3 Å². The van der Waals surface area contributed by atoms with Gasteiger partial charge in [0.2, 0.25) is 6.79 Å². The first-order valence-electron chi connectivity index (χ1n) is 8.93. The Kier molecular flexibility index (Phi) is 4.53. The molecule has 0 atom stereocenters. The van der Waals surface area contributed by atoms with Gasteiger partial charge >= 0.3 is 0 Å². The van der Waals surface area contributed by atoms with Crippen molar-refractivity contribution < 1.29 is 14.4 Å². The van der Waals surface area contributed by atoms with E-state index in [-0.39, 0.29) is 12.5 Å². The van der Waals surface area contributed by atoms with Crippen LogP contribution in [0.15, 0.2) is 48.5 Å². The van der Waals surface area contributed by atoms with Crippen LogP contribution in [0.2, 0.25) is 0 Å². The Hall–Kier alpha value is -4.05. The first-order chi connectivity index (χ1) is 14.0. The van der Waals surface area contributed by atoms with Crippen LogP contribution in [0.3, 0.4) is 0 Å². The van der Waals surface area contributed by atoms with E-state index >= 15 is 0 Å². The van der Waals surface area contributed by atoms with E-state index in [1.54, 1.807) is 18.2 Å². The molecule has 7 nitrogen and oxygen atoms in total. The first-order valence-corrected chi connectivity index (χ1v) is 8.93. The van der Waals surface area contributed by atoms with Crippen molar-refractivity contribution in [2.24, 2.45) is 0 Å². The molecule has 0 aliphatic carbocycles. The van der Waals surface area contributed by atoms with Crippen LogP contribution in [0, 0.1) is 35.3 Å². The Morgan fingerprint density at radius 2 is 1.97 bits per heavy atom. The van der Waals surface area contributed by atoms with Crippen LogP contribution in [0.1, 0.15) is 22.5 Å². The summed E-state index contributed by atoms with van der Waals surface area (Å²) in [6.45, 7) is 4.16. The van der Waals surface area contributed by atoms with Crippen molar-refractivity contribution in [2.45, 2.75) is 13.8 Å². The number of nitriles is 1. The minimum Gasteiger partial charge on any atom is -0.454 e. The standard InChI is InChI=1S/C22H17N3O4/c1-14-8-17(9-18(12-23)16-4-3-5-20(10-16)25(26)27)15(2)24(14)19-6-7-21-22(11-19)29-13-28-21/h3-11H,13H2,1-2H3/b18-9+. The molecule has 0 radical (unpaired) electrons. The molecular weight excluding hydrogens is 370 g/mol. The molecule has 0 saturated heterocycles. The fourth-order valence-electron chi connectivity index (χ4n) is 3.48. The summed E-state index contributed by atoms with van der Waals surface area (Å²) >= 11 is 0. The van der Waals surface area contributed by atoms with E-state index in [4.69, 9.17) is 9.47 Å². The quantitative estimate of drug-likeness (QED) is 0.364. The van der Waals surface area contributed by atoms with E-state index in [0.717, 1.165) is 22.6 Å². The van der Waals surface area contributed by atoms with E-state index in [9.17, 15) is 15.4 Å². The Morgan fingerprint density at radius 3 is 2.72 bits per heavy atom. The predicted octanol–water partition coefficient (Wildman–Crippen LogP) is 4.80. The Labute approximate surface area is 167 Å². The lowest BCUT2D eigenvalue weighted by Crippen LogP contribution is -1.99. The number of non-ortho nitro benzene ring substituents is 1. The molecule has 0 spiro atoms. The first kappa shape index (κ1) is 18.3. The number of allylic oxidation sites excluding steroid dienone is 1. The number of fused-ring (bicyclic) bond motifs is 1. The third-order valence-corrected chi connectivity index (χ3v) is 4.87. The lowest BCUT2D eigenvalue weighted by atomic mass is 10.0. The third-order valence-electron chi connectivity index (χ3n) is 4.87. The lowest BCUT2D eigenvalue weighted by Gasteiger charge is -2.10. The number of nitrogens with zero attached hydrogens (tertiary/aromatic N) is 3. The van der Waals surface area contributed by atoms with E-state index in [2.05, 4.69) is 10.6 Å². The van der Waals surface area contributed by atoms with E-state index in [1.165, 1.54) is 12.1 Å². The van der Waals surface area contributed by atoms with E-state index < -0.39 is 4.92 Å². The largest absolute Gasteiger partial charge is 0.454 e. The van der Waals surface area contributed by atoms with Gasteiger partial charge < -0.3 is 14.0 Å². The lowest BCUT2D eigenvalue weighted by molar-refractivity contribution is -0.384. The van der Waals surface area contributed by atoms with Gasteiger partial charge in [-0.1, -0.05) is 12.1 Å². The smallest absolute Gasteiger partial charge is 0.270 e. The zero-order valence-corrected chi connectivity index (χ0v) is 15.9. The highest BCUT2D eigenvalue weighted by molar-refractivity contribution is 5.90. The summed E-state index contributed by atoms with van der Waals surface area (Å²) in [5.41, 5.74) is 4.55. The van der Waals surface area contributed by atoms with Gasteiger partial charge in [0.25, 0.3) is 5.69 Å². The fourth-order valence-corrected chi connectivity index (χ4v) is 3.48. The topological polar surface area (TPSA) is 90.3 Å². The van der Waals surface area contributed by atoms with Gasteiger partial charge in [0.1, 0.15) is 0 Å². The van der Waals surface area contributed by atoms with Gasteiger partial charge in [0.15, 0.2) is 11.5 Å². The second-order valence-corrected chi connectivity index (χ2v) is 6.68. The zero-order valence-electron chi connectivity index (χ0n) is 15.9.